The van der Waals surface area contributed by atoms with E-state index in [0.29, 0.717) is 6.54 Å². The van der Waals surface area contributed by atoms with E-state index in [1.807, 2.05) is 11.8 Å². The van der Waals surface area contributed by atoms with Crippen LogP contribution >= 0.6 is 28.3 Å². The average Bonchev–Trinajstić information content (AvgIpc) is 2.47. The minimum Gasteiger partial charge on any atom is -0.335 e. The number of hydrogen-bond donors (Lipinski definition) is 1. The monoisotopic (exact) mass is 378 g/mol. The Hall–Kier alpha value is -0.650. The number of hydrogen-bond acceptors (Lipinski definition) is 2. The van der Waals surface area contributed by atoms with Gasteiger partial charge in [-0.25, -0.2) is 4.39 Å². The molecule has 0 aromatic heterocycles. The zero-order valence-corrected chi connectivity index (χ0v) is 14.5. The van der Waals surface area contributed by atoms with Gasteiger partial charge < -0.3 is 10.2 Å². The standard InChI is InChI=1S/C15H20BrFN2O.ClH/c1-2-9-19(12-5-7-18-8-6-12)15(20)13-10-11(16)3-4-14(13)17;/h3-4,10,12,18H,2,5-9H2,1H3;1H. The fourth-order valence-electron chi connectivity index (χ4n) is 2.63. The minimum absolute atomic E-state index is 0. The summed E-state index contributed by atoms with van der Waals surface area (Å²) in [4.78, 5) is 14.5. The zero-order chi connectivity index (χ0) is 14.5. The molecule has 3 nitrogen and oxygen atoms in total. The van der Waals surface area contributed by atoms with Crippen LogP contribution in [0.1, 0.15) is 36.5 Å². The summed E-state index contributed by atoms with van der Waals surface area (Å²) in [5.41, 5.74) is 0.159. The molecule has 1 saturated heterocycles. The summed E-state index contributed by atoms with van der Waals surface area (Å²) in [6, 6.07) is 4.73. The normalized spacial score (nSPS) is 15.4. The summed E-state index contributed by atoms with van der Waals surface area (Å²) in [6.07, 6.45) is 2.74. The van der Waals surface area contributed by atoms with Gasteiger partial charge in [0.15, 0.2) is 0 Å². The van der Waals surface area contributed by atoms with Gasteiger partial charge in [0.1, 0.15) is 5.82 Å². The maximum Gasteiger partial charge on any atom is 0.257 e. The second kappa shape index (κ2) is 8.71. The van der Waals surface area contributed by atoms with Crippen LogP contribution in [0.3, 0.4) is 0 Å². The van der Waals surface area contributed by atoms with Crippen molar-refractivity contribution in [1.82, 2.24) is 10.2 Å². The highest BCUT2D eigenvalue weighted by Gasteiger charge is 2.27. The second-order valence-electron chi connectivity index (χ2n) is 5.10. The van der Waals surface area contributed by atoms with Crippen LogP contribution < -0.4 is 5.32 Å². The Morgan fingerprint density at radius 2 is 2.10 bits per heavy atom. The Kier molecular flexibility index (Phi) is 7.63. The van der Waals surface area contributed by atoms with E-state index in [4.69, 9.17) is 0 Å². The van der Waals surface area contributed by atoms with E-state index in [1.54, 1.807) is 12.1 Å². The molecule has 1 heterocycles. The molecule has 2 rings (SSSR count). The van der Waals surface area contributed by atoms with Gasteiger partial charge >= 0.3 is 0 Å². The molecular formula is C15H21BrClFN2O. The number of rotatable bonds is 4. The van der Waals surface area contributed by atoms with Crippen molar-refractivity contribution in [1.29, 1.82) is 0 Å². The van der Waals surface area contributed by atoms with Crippen LogP contribution in [0.15, 0.2) is 22.7 Å². The molecule has 1 fully saturated rings. The number of carbonyl (C=O) groups is 1. The number of nitrogens with zero attached hydrogens (tertiary/aromatic N) is 1. The molecule has 0 radical (unpaired) electrons. The highest BCUT2D eigenvalue weighted by Crippen LogP contribution is 2.21. The maximum atomic E-state index is 13.9. The van der Waals surface area contributed by atoms with Gasteiger partial charge in [0.2, 0.25) is 0 Å². The van der Waals surface area contributed by atoms with Gasteiger partial charge in [0, 0.05) is 17.1 Å². The van der Waals surface area contributed by atoms with Crippen LogP contribution in [0, 0.1) is 5.82 Å². The predicted molar refractivity (Wildman–Crippen MR) is 88.6 cm³/mol. The van der Waals surface area contributed by atoms with E-state index in [9.17, 15) is 9.18 Å². The van der Waals surface area contributed by atoms with Crippen molar-refractivity contribution in [3.05, 3.63) is 34.1 Å². The van der Waals surface area contributed by atoms with Crippen LogP contribution in [0.4, 0.5) is 4.39 Å². The number of amides is 1. The second-order valence-corrected chi connectivity index (χ2v) is 6.02. The van der Waals surface area contributed by atoms with E-state index in [0.717, 1.165) is 36.8 Å². The summed E-state index contributed by atoms with van der Waals surface area (Å²) in [5.74, 6) is -0.647. The van der Waals surface area contributed by atoms with Crippen molar-refractivity contribution < 1.29 is 9.18 Å². The van der Waals surface area contributed by atoms with Crippen molar-refractivity contribution in [2.75, 3.05) is 19.6 Å². The van der Waals surface area contributed by atoms with Gasteiger partial charge in [-0.05, 0) is 50.6 Å². The maximum absolute atomic E-state index is 13.9. The lowest BCUT2D eigenvalue weighted by Crippen LogP contribution is -2.46. The summed E-state index contributed by atoms with van der Waals surface area (Å²) in [7, 11) is 0. The Labute approximate surface area is 139 Å². The summed E-state index contributed by atoms with van der Waals surface area (Å²) < 4.78 is 14.6. The molecule has 1 N–H and O–H groups in total. The van der Waals surface area contributed by atoms with Gasteiger partial charge in [-0.1, -0.05) is 22.9 Å². The first kappa shape index (κ1) is 18.4. The van der Waals surface area contributed by atoms with Crippen LogP contribution in [0.5, 0.6) is 0 Å². The summed E-state index contributed by atoms with van der Waals surface area (Å²) >= 11 is 3.30. The minimum atomic E-state index is -0.451. The van der Waals surface area contributed by atoms with E-state index >= 15 is 0 Å². The number of nitrogens with one attached hydrogen (secondary N) is 1. The van der Waals surface area contributed by atoms with E-state index in [-0.39, 0.29) is 29.9 Å². The lowest BCUT2D eigenvalue weighted by atomic mass is 10.0. The summed E-state index contributed by atoms with van der Waals surface area (Å²) in [6.45, 7) is 4.55. The molecule has 1 aromatic carbocycles. The molecule has 0 aliphatic carbocycles. The first-order valence-electron chi connectivity index (χ1n) is 7.10. The lowest BCUT2D eigenvalue weighted by molar-refractivity contribution is 0.0638. The third-order valence-corrected chi connectivity index (χ3v) is 4.13. The van der Waals surface area contributed by atoms with Gasteiger partial charge in [0.05, 0.1) is 5.56 Å². The van der Waals surface area contributed by atoms with E-state index in [2.05, 4.69) is 21.2 Å². The number of halogens is 3. The molecule has 1 aromatic rings. The third-order valence-electron chi connectivity index (χ3n) is 3.63. The molecule has 1 aliphatic heterocycles. The van der Waals surface area contributed by atoms with Crippen molar-refractivity contribution in [3.8, 4) is 0 Å². The smallest absolute Gasteiger partial charge is 0.257 e. The van der Waals surface area contributed by atoms with Crippen molar-refractivity contribution >= 4 is 34.2 Å². The molecule has 1 aliphatic rings. The first-order chi connectivity index (χ1) is 9.63. The van der Waals surface area contributed by atoms with Gasteiger partial charge in [0.25, 0.3) is 5.91 Å². The molecule has 0 spiro atoms. The Bertz CT molecular complexity index is 481. The van der Waals surface area contributed by atoms with E-state index < -0.39 is 5.82 Å². The van der Waals surface area contributed by atoms with Gasteiger partial charge in [-0.15, -0.1) is 12.4 Å². The largest absolute Gasteiger partial charge is 0.335 e. The average molecular weight is 380 g/mol. The van der Waals surface area contributed by atoms with Crippen molar-refractivity contribution in [2.24, 2.45) is 0 Å². The van der Waals surface area contributed by atoms with Gasteiger partial charge in [-0.2, -0.15) is 0 Å². The predicted octanol–water partition coefficient (Wildman–Crippen LogP) is 3.61. The highest BCUT2D eigenvalue weighted by molar-refractivity contribution is 9.10. The van der Waals surface area contributed by atoms with Crippen molar-refractivity contribution in [3.63, 3.8) is 0 Å². The molecule has 1 amide bonds. The molecular weight excluding hydrogens is 359 g/mol. The molecule has 0 bridgehead atoms. The fraction of sp³-hybridized carbons (Fsp3) is 0.533. The molecule has 0 saturated carbocycles. The van der Waals surface area contributed by atoms with E-state index in [1.165, 1.54) is 6.07 Å². The number of piperidine rings is 1. The SMILES string of the molecule is CCCN(C(=O)c1cc(Br)ccc1F)C1CCNCC1.Cl. The first-order valence-corrected chi connectivity index (χ1v) is 7.89. The molecule has 21 heavy (non-hydrogen) atoms. The quantitative estimate of drug-likeness (QED) is 0.866. The van der Waals surface area contributed by atoms with Gasteiger partial charge in [-0.3, -0.25) is 4.79 Å². The zero-order valence-electron chi connectivity index (χ0n) is 12.1. The molecule has 0 atom stereocenters. The topological polar surface area (TPSA) is 32.3 Å². The van der Waals surface area contributed by atoms with Crippen LogP contribution in [-0.2, 0) is 0 Å². The van der Waals surface area contributed by atoms with Crippen LogP contribution in [0.25, 0.3) is 0 Å². The highest BCUT2D eigenvalue weighted by atomic mass is 79.9. The van der Waals surface area contributed by atoms with Crippen LogP contribution in [0.2, 0.25) is 0 Å². The van der Waals surface area contributed by atoms with Crippen LogP contribution in [-0.4, -0.2) is 36.5 Å². The summed E-state index contributed by atoms with van der Waals surface area (Å²) in [5, 5.41) is 3.29. The fourth-order valence-corrected chi connectivity index (χ4v) is 2.99. The van der Waals surface area contributed by atoms with Crippen molar-refractivity contribution in [2.45, 2.75) is 32.2 Å². The Morgan fingerprint density at radius 1 is 1.43 bits per heavy atom. The Morgan fingerprint density at radius 3 is 2.71 bits per heavy atom. The molecule has 118 valence electrons. The third kappa shape index (κ3) is 4.66. The lowest BCUT2D eigenvalue weighted by Gasteiger charge is -2.34. The molecule has 6 heteroatoms. The number of carbonyl (C=O) groups excluding carboxylic acids is 1. The molecule has 0 unspecified atom stereocenters. The number of benzene rings is 1. The Balaban J connectivity index is 0.00000220.